The van der Waals surface area contributed by atoms with E-state index < -0.39 is 28.9 Å². The van der Waals surface area contributed by atoms with Crippen LogP contribution in [0, 0.1) is 5.82 Å². The minimum atomic E-state index is -1.58. The molecule has 0 atom stereocenters. The highest BCUT2D eigenvalue weighted by Gasteiger charge is 2.25. The zero-order valence-corrected chi connectivity index (χ0v) is 10.0. The Morgan fingerprint density at radius 2 is 1.79 bits per heavy atom. The number of nitrogens with zero attached hydrogens (tertiary/aromatic N) is 1. The van der Waals surface area contributed by atoms with Crippen LogP contribution in [0.3, 0.4) is 0 Å². The molecule has 19 heavy (non-hydrogen) atoms. The predicted molar refractivity (Wildman–Crippen MR) is 65.4 cm³/mol. The van der Waals surface area contributed by atoms with Gasteiger partial charge in [-0.15, -0.1) is 0 Å². The van der Waals surface area contributed by atoms with Crippen LogP contribution in [-0.2, 0) is 0 Å². The molecule has 2 rings (SSSR count). The maximum atomic E-state index is 14.2. The maximum Gasteiger partial charge on any atom is 0.339 e. The zero-order chi connectivity index (χ0) is 14.0. The first-order valence-corrected chi connectivity index (χ1v) is 5.77. The monoisotopic (exact) mass is 268 g/mol. The first-order chi connectivity index (χ1) is 9.02. The number of carbonyl (C=O) groups is 2. The Morgan fingerprint density at radius 1 is 1.16 bits per heavy atom. The van der Waals surface area contributed by atoms with Gasteiger partial charge in [0.1, 0.15) is 5.56 Å². The fourth-order valence-electron chi connectivity index (χ4n) is 2.10. The number of benzene rings is 1. The van der Waals surface area contributed by atoms with Gasteiger partial charge in [0, 0.05) is 26.2 Å². The van der Waals surface area contributed by atoms with Gasteiger partial charge in [0.05, 0.1) is 11.3 Å². The minimum absolute atomic E-state index is 0.129. The average Bonchev–Trinajstić information content (AvgIpc) is 2.38. The molecular weight excluding hydrogens is 255 g/mol. The summed E-state index contributed by atoms with van der Waals surface area (Å²) >= 11 is 0. The van der Waals surface area contributed by atoms with Gasteiger partial charge in [0.25, 0.3) is 0 Å². The summed E-state index contributed by atoms with van der Waals surface area (Å²) in [6.07, 6.45) is 0. The van der Waals surface area contributed by atoms with Gasteiger partial charge in [-0.05, 0) is 12.1 Å². The molecule has 1 aromatic rings. The summed E-state index contributed by atoms with van der Waals surface area (Å²) in [5.41, 5.74) is -1.20. The first-order valence-electron chi connectivity index (χ1n) is 5.77. The third-order valence-electron chi connectivity index (χ3n) is 3.02. The highest BCUT2D eigenvalue weighted by molar-refractivity contribution is 6.02. The van der Waals surface area contributed by atoms with Crippen molar-refractivity contribution in [2.75, 3.05) is 31.1 Å². The van der Waals surface area contributed by atoms with E-state index in [9.17, 15) is 14.0 Å². The molecule has 1 fully saturated rings. The van der Waals surface area contributed by atoms with Crippen molar-refractivity contribution in [2.24, 2.45) is 0 Å². The molecule has 0 unspecified atom stereocenters. The van der Waals surface area contributed by atoms with Crippen LogP contribution < -0.4 is 10.2 Å². The Bertz CT molecular complexity index is 527. The quantitative estimate of drug-likeness (QED) is 0.745. The Labute approximate surface area is 108 Å². The molecule has 7 heteroatoms. The third kappa shape index (κ3) is 2.50. The molecule has 1 aliphatic rings. The molecule has 1 saturated heterocycles. The number of anilines is 1. The van der Waals surface area contributed by atoms with Gasteiger partial charge < -0.3 is 20.4 Å². The molecule has 1 heterocycles. The molecule has 1 aromatic carbocycles. The molecule has 0 bridgehead atoms. The highest BCUT2D eigenvalue weighted by Crippen LogP contribution is 2.26. The number of hydrogen-bond donors (Lipinski definition) is 3. The lowest BCUT2D eigenvalue weighted by molar-refractivity contribution is 0.0647. The number of piperazine rings is 1. The van der Waals surface area contributed by atoms with E-state index in [-0.39, 0.29) is 5.69 Å². The SMILES string of the molecule is O=C(O)c1ccc(N2CCNCC2)c(F)c1C(=O)O. The number of aromatic carboxylic acids is 2. The van der Waals surface area contributed by atoms with E-state index in [4.69, 9.17) is 10.2 Å². The number of carboxylic acids is 2. The summed E-state index contributed by atoms with van der Waals surface area (Å²) in [7, 11) is 0. The van der Waals surface area contributed by atoms with Crippen molar-refractivity contribution in [3.8, 4) is 0 Å². The Morgan fingerprint density at radius 3 is 2.32 bits per heavy atom. The Balaban J connectivity index is 2.49. The summed E-state index contributed by atoms with van der Waals surface area (Å²) in [5, 5.41) is 21.0. The molecule has 0 aliphatic carbocycles. The smallest absolute Gasteiger partial charge is 0.339 e. The standard InChI is InChI=1S/C12H13FN2O4/c13-10-8(15-5-3-14-4-6-15)2-1-7(11(16)17)9(10)12(18)19/h1-2,14H,3-6H2,(H,16,17)(H,18,19). The van der Waals surface area contributed by atoms with E-state index in [1.54, 1.807) is 4.90 Å². The lowest BCUT2D eigenvalue weighted by Gasteiger charge is -2.30. The summed E-state index contributed by atoms with van der Waals surface area (Å²) in [6, 6.07) is 2.45. The van der Waals surface area contributed by atoms with Crippen molar-refractivity contribution in [3.63, 3.8) is 0 Å². The van der Waals surface area contributed by atoms with Gasteiger partial charge in [0.15, 0.2) is 5.82 Å². The lowest BCUT2D eigenvalue weighted by atomic mass is 10.0. The van der Waals surface area contributed by atoms with Crippen LogP contribution >= 0.6 is 0 Å². The van der Waals surface area contributed by atoms with E-state index in [2.05, 4.69) is 5.32 Å². The van der Waals surface area contributed by atoms with Gasteiger partial charge in [-0.1, -0.05) is 0 Å². The topological polar surface area (TPSA) is 89.9 Å². The average molecular weight is 268 g/mol. The molecular formula is C12H13FN2O4. The van der Waals surface area contributed by atoms with E-state index in [0.29, 0.717) is 26.2 Å². The number of halogens is 1. The summed E-state index contributed by atoms with van der Waals surface area (Å²) in [6.45, 7) is 2.43. The zero-order valence-electron chi connectivity index (χ0n) is 10.0. The molecule has 0 spiro atoms. The number of carboxylic acid groups (broad SMARTS) is 2. The molecule has 3 N–H and O–H groups in total. The second-order valence-electron chi connectivity index (χ2n) is 4.17. The fourth-order valence-corrected chi connectivity index (χ4v) is 2.10. The van der Waals surface area contributed by atoms with E-state index >= 15 is 0 Å². The second-order valence-corrected chi connectivity index (χ2v) is 4.17. The van der Waals surface area contributed by atoms with Crippen LogP contribution in [0.5, 0.6) is 0 Å². The van der Waals surface area contributed by atoms with Crippen molar-refractivity contribution in [3.05, 3.63) is 29.1 Å². The van der Waals surface area contributed by atoms with E-state index in [1.165, 1.54) is 6.07 Å². The molecule has 0 aromatic heterocycles. The van der Waals surface area contributed by atoms with Gasteiger partial charge >= 0.3 is 11.9 Å². The van der Waals surface area contributed by atoms with E-state index in [0.717, 1.165) is 6.07 Å². The fraction of sp³-hybridized carbons (Fsp3) is 0.333. The minimum Gasteiger partial charge on any atom is -0.478 e. The normalized spacial score (nSPS) is 15.3. The summed E-state index contributed by atoms with van der Waals surface area (Å²) in [4.78, 5) is 23.7. The van der Waals surface area contributed by atoms with Crippen molar-refractivity contribution < 1.29 is 24.2 Å². The molecule has 102 valence electrons. The van der Waals surface area contributed by atoms with Gasteiger partial charge in [0.2, 0.25) is 0 Å². The van der Waals surface area contributed by atoms with Crippen LogP contribution in [0.4, 0.5) is 10.1 Å². The lowest BCUT2D eigenvalue weighted by Crippen LogP contribution is -2.44. The summed E-state index contributed by atoms with van der Waals surface area (Å²) in [5.74, 6) is -4.02. The van der Waals surface area contributed by atoms with Gasteiger partial charge in [-0.3, -0.25) is 0 Å². The van der Waals surface area contributed by atoms with Crippen LogP contribution in [0.2, 0.25) is 0 Å². The molecule has 0 amide bonds. The molecule has 0 saturated carbocycles. The number of hydrogen-bond acceptors (Lipinski definition) is 4. The molecule has 1 aliphatic heterocycles. The van der Waals surface area contributed by atoms with Crippen molar-refractivity contribution >= 4 is 17.6 Å². The van der Waals surface area contributed by atoms with Gasteiger partial charge in [-0.25, -0.2) is 14.0 Å². The third-order valence-corrected chi connectivity index (χ3v) is 3.02. The van der Waals surface area contributed by atoms with Crippen molar-refractivity contribution in [1.29, 1.82) is 0 Å². The van der Waals surface area contributed by atoms with Crippen molar-refractivity contribution in [2.45, 2.75) is 0 Å². The number of nitrogens with one attached hydrogen (secondary N) is 1. The highest BCUT2D eigenvalue weighted by atomic mass is 19.1. The van der Waals surface area contributed by atoms with Crippen LogP contribution in [0.15, 0.2) is 12.1 Å². The van der Waals surface area contributed by atoms with Gasteiger partial charge in [-0.2, -0.15) is 0 Å². The van der Waals surface area contributed by atoms with Crippen molar-refractivity contribution in [1.82, 2.24) is 5.32 Å². The van der Waals surface area contributed by atoms with Crippen LogP contribution in [0.1, 0.15) is 20.7 Å². The van der Waals surface area contributed by atoms with Crippen LogP contribution in [0.25, 0.3) is 0 Å². The molecule has 0 radical (unpaired) electrons. The molecule has 6 nitrogen and oxygen atoms in total. The predicted octanol–water partition coefficient (Wildman–Crippen LogP) is 0.632. The Kier molecular flexibility index (Phi) is 3.66. The summed E-state index contributed by atoms with van der Waals surface area (Å²) < 4.78 is 14.2. The Hall–Kier alpha value is -2.15. The largest absolute Gasteiger partial charge is 0.478 e. The van der Waals surface area contributed by atoms with E-state index in [1.807, 2.05) is 0 Å². The second kappa shape index (κ2) is 5.23. The van der Waals surface area contributed by atoms with Crippen LogP contribution in [-0.4, -0.2) is 48.3 Å². The number of rotatable bonds is 3. The first kappa shape index (κ1) is 13.3. The maximum absolute atomic E-state index is 14.2.